The van der Waals surface area contributed by atoms with Crippen LogP contribution in [0.2, 0.25) is 0 Å². The van der Waals surface area contributed by atoms with E-state index in [4.69, 9.17) is 9.47 Å². The summed E-state index contributed by atoms with van der Waals surface area (Å²) < 4.78 is 48.2. The molecule has 3 saturated carbocycles. The summed E-state index contributed by atoms with van der Waals surface area (Å²) in [5, 5.41) is 31.3. The van der Waals surface area contributed by atoms with Gasteiger partial charge in [0.1, 0.15) is 12.8 Å². The highest BCUT2D eigenvalue weighted by molar-refractivity contribution is 6.01. The fourth-order valence-corrected chi connectivity index (χ4v) is 9.45. The number of ketones is 2. The quantitative estimate of drug-likeness (QED) is 0.458. The summed E-state index contributed by atoms with van der Waals surface area (Å²) in [4.78, 5) is 25.8. The zero-order valence-corrected chi connectivity index (χ0v) is 24.7. The molecule has 1 aromatic heterocycles. The maximum atomic E-state index is 17.5. The van der Waals surface area contributed by atoms with E-state index in [1.54, 1.807) is 6.92 Å². The second-order valence-corrected chi connectivity index (χ2v) is 13.6. The van der Waals surface area contributed by atoms with Crippen molar-refractivity contribution < 1.29 is 43.2 Å². The zero-order chi connectivity index (χ0) is 31.2. The second-order valence-electron chi connectivity index (χ2n) is 13.6. The first kappa shape index (κ1) is 29.7. The van der Waals surface area contributed by atoms with E-state index in [0.29, 0.717) is 12.1 Å². The highest BCUT2D eigenvalue weighted by atomic mass is 19.1. The Morgan fingerprint density at radius 3 is 2.66 bits per heavy atom. The molecule has 8 nitrogen and oxygen atoms in total. The molecular weight excluding hydrogens is 572 g/mol. The summed E-state index contributed by atoms with van der Waals surface area (Å²) in [5.41, 5.74) is -4.22. The number of carbonyl (C=O) groups excluding carboxylic acids is 2. The molecule has 4 aliphatic carbocycles. The number of fused-ring (bicyclic) bond motifs is 7. The molecule has 44 heavy (non-hydrogen) atoms. The summed E-state index contributed by atoms with van der Waals surface area (Å²) in [6, 6.07) is 9.40. The van der Waals surface area contributed by atoms with Crippen LogP contribution in [0.15, 0.2) is 66.5 Å². The van der Waals surface area contributed by atoms with Crippen molar-refractivity contribution in [3.63, 3.8) is 0 Å². The molecule has 3 N–H and O–H groups in total. The fourth-order valence-electron chi connectivity index (χ4n) is 9.45. The Morgan fingerprint density at radius 2 is 1.91 bits per heavy atom. The van der Waals surface area contributed by atoms with Gasteiger partial charge in [-0.3, -0.25) is 9.59 Å². The molecule has 1 aromatic carbocycles. The van der Waals surface area contributed by atoms with Crippen molar-refractivity contribution in [2.24, 2.45) is 22.7 Å². The number of aliphatic hydroxyl groups is 3. The first-order valence-electron chi connectivity index (χ1n) is 15.2. The number of hydrogen-bond donors (Lipinski definition) is 3. The minimum absolute atomic E-state index is 0.0332. The summed E-state index contributed by atoms with van der Waals surface area (Å²) in [6.45, 7) is 2.93. The van der Waals surface area contributed by atoms with Crippen LogP contribution < -0.4 is 0 Å². The van der Waals surface area contributed by atoms with Crippen molar-refractivity contribution in [1.29, 1.82) is 0 Å². The Balaban J connectivity index is 1.22. The predicted molar refractivity (Wildman–Crippen MR) is 153 cm³/mol. The SMILES string of the molecule is C[C@]12C=CC(=O)C=C1[C@@H](F)C[C@H]1[C@@H]3C[C@H]4O[C@@H](c5ccn(Cc6cccc(CO)c6)c5)O[C@@]4(C(=O)CO)[C@@]3(C)C[C@H](O)[C@@]12F. The van der Waals surface area contributed by atoms with Gasteiger partial charge in [-0.15, -0.1) is 0 Å². The number of carbonyl (C=O) groups is 2. The fraction of sp³-hybridized carbons (Fsp3) is 0.529. The van der Waals surface area contributed by atoms with Crippen LogP contribution in [0.1, 0.15) is 56.1 Å². The maximum Gasteiger partial charge on any atom is 0.193 e. The maximum absolute atomic E-state index is 17.5. The number of aromatic nitrogens is 1. The molecule has 0 radical (unpaired) electrons. The lowest BCUT2D eigenvalue weighted by Crippen LogP contribution is -2.70. The molecular formula is C34H37F2NO7. The van der Waals surface area contributed by atoms with Gasteiger partial charge in [0, 0.05) is 41.2 Å². The van der Waals surface area contributed by atoms with Gasteiger partial charge in [-0.2, -0.15) is 0 Å². The first-order valence-corrected chi connectivity index (χ1v) is 15.2. The Bertz CT molecular complexity index is 1590. The van der Waals surface area contributed by atoms with Gasteiger partial charge in [0.25, 0.3) is 0 Å². The number of hydrogen-bond acceptors (Lipinski definition) is 7. The van der Waals surface area contributed by atoms with Gasteiger partial charge >= 0.3 is 0 Å². The minimum Gasteiger partial charge on any atom is -0.392 e. The molecule has 4 fully saturated rings. The summed E-state index contributed by atoms with van der Waals surface area (Å²) in [5.74, 6) is -2.64. The largest absolute Gasteiger partial charge is 0.392 e. The number of Topliss-reactive ketones (excluding diaryl/α,β-unsaturated/α-hetero) is 1. The lowest BCUT2D eigenvalue weighted by atomic mass is 9.44. The number of aliphatic hydroxyl groups excluding tert-OH is 3. The van der Waals surface area contributed by atoms with E-state index in [1.807, 2.05) is 47.3 Å². The van der Waals surface area contributed by atoms with Gasteiger partial charge in [-0.25, -0.2) is 8.78 Å². The number of halogens is 2. The third-order valence-electron chi connectivity index (χ3n) is 11.5. The van der Waals surface area contributed by atoms with E-state index in [0.717, 1.165) is 17.2 Å². The predicted octanol–water partition coefficient (Wildman–Crippen LogP) is 3.67. The van der Waals surface area contributed by atoms with E-state index in [9.17, 15) is 24.9 Å². The van der Waals surface area contributed by atoms with Crippen LogP contribution in [0.4, 0.5) is 8.78 Å². The minimum atomic E-state index is -2.30. The van der Waals surface area contributed by atoms with Crippen LogP contribution in [0.5, 0.6) is 0 Å². The van der Waals surface area contributed by atoms with Crippen molar-refractivity contribution in [2.75, 3.05) is 6.61 Å². The number of allylic oxidation sites excluding steroid dienone is 4. The van der Waals surface area contributed by atoms with Gasteiger partial charge in [0.15, 0.2) is 29.1 Å². The van der Waals surface area contributed by atoms with Gasteiger partial charge < -0.3 is 29.4 Å². The van der Waals surface area contributed by atoms with E-state index in [2.05, 4.69) is 0 Å². The molecule has 10 atom stereocenters. The Morgan fingerprint density at radius 1 is 1.14 bits per heavy atom. The first-order chi connectivity index (χ1) is 20.9. The van der Waals surface area contributed by atoms with Crippen LogP contribution in [0.25, 0.3) is 0 Å². The lowest BCUT2D eigenvalue weighted by molar-refractivity contribution is -0.235. The van der Waals surface area contributed by atoms with E-state index in [1.165, 1.54) is 19.1 Å². The van der Waals surface area contributed by atoms with Gasteiger partial charge in [0.05, 0.1) is 18.8 Å². The van der Waals surface area contributed by atoms with Crippen LogP contribution in [0, 0.1) is 22.7 Å². The summed E-state index contributed by atoms with van der Waals surface area (Å²) in [6.07, 6.45) is 2.20. The third kappa shape index (κ3) is 3.78. The Hall–Kier alpha value is -3.02. The second kappa shape index (κ2) is 9.99. The van der Waals surface area contributed by atoms with Gasteiger partial charge in [0.2, 0.25) is 0 Å². The molecule has 10 heteroatoms. The monoisotopic (exact) mass is 609 g/mol. The molecule has 0 bridgehead atoms. The van der Waals surface area contributed by atoms with Crippen molar-refractivity contribution >= 4 is 11.6 Å². The average Bonchev–Trinajstić information content (AvgIpc) is 3.68. The van der Waals surface area contributed by atoms with Crippen molar-refractivity contribution in [1.82, 2.24) is 4.57 Å². The van der Waals surface area contributed by atoms with Crippen molar-refractivity contribution in [3.05, 3.63) is 83.2 Å². The number of alkyl halides is 2. The molecule has 1 saturated heterocycles. The van der Waals surface area contributed by atoms with Gasteiger partial charge in [-0.1, -0.05) is 37.3 Å². The van der Waals surface area contributed by atoms with Crippen molar-refractivity contribution in [2.45, 2.75) is 82.2 Å². The zero-order valence-electron chi connectivity index (χ0n) is 24.7. The number of ether oxygens (including phenoxy) is 2. The van der Waals surface area contributed by atoms with Crippen LogP contribution in [-0.4, -0.2) is 67.7 Å². The van der Waals surface area contributed by atoms with E-state index < -0.39 is 76.8 Å². The summed E-state index contributed by atoms with van der Waals surface area (Å²) in [7, 11) is 0. The third-order valence-corrected chi connectivity index (χ3v) is 11.5. The molecule has 0 unspecified atom stereocenters. The Labute approximate surface area is 254 Å². The molecule has 2 heterocycles. The van der Waals surface area contributed by atoms with Crippen LogP contribution in [0.3, 0.4) is 0 Å². The molecule has 5 aliphatic rings. The average molecular weight is 610 g/mol. The smallest absolute Gasteiger partial charge is 0.193 e. The van der Waals surface area contributed by atoms with Crippen LogP contribution in [-0.2, 0) is 32.2 Å². The molecule has 2 aromatic rings. The number of rotatable bonds is 6. The van der Waals surface area contributed by atoms with E-state index in [-0.39, 0.29) is 31.4 Å². The molecule has 7 rings (SSSR count). The highest BCUT2D eigenvalue weighted by Crippen LogP contribution is 2.72. The molecule has 0 spiro atoms. The normalized spacial score (nSPS) is 42.3. The van der Waals surface area contributed by atoms with E-state index >= 15 is 8.78 Å². The van der Waals surface area contributed by atoms with Gasteiger partial charge in [-0.05, 0) is 67.0 Å². The van der Waals surface area contributed by atoms with Crippen molar-refractivity contribution in [3.8, 4) is 0 Å². The topological polar surface area (TPSA) is 118 Å². The molecule has 0 amide bonds. The molecule has 1 aliphatic heterocycles. The standard InChI is InChI=1S/C34H37F2NO7/c1-31-8-6-22(40)11-25(31)26(35)12-24-23-13-29-34(28(42)18-39,32(23,2)14-27(41)33(24,31)36)44-30(43-29)21-7-9-37(16-21)15-19-4-3-5-20(10-19)17-38/h3-11,16,23-24,26-27,29-30,38-39,41H,12-15,17-18H2,1-2H3/t23-,24-,26-,27-,29+,30+,31-,32-,33-,34+/m0/s1. The lowest BCUT2D eigenvalue weighted by Gasteiger charge is -2.63. The molecule has 234 valence electrons. The number of nitrogens with zero attached hydrogens (tertiary/aromatic N) is 1. The summed E-state index contributed by atoms with van der Waals surface area (Å²) >= 11 is 0. The van der Waals surface area contributed by atoms with Crippen LogP contribution >= 0.6 is 0 Å². The highest BCUT2D eigenvalue weighted by Gasteiger charge is 2.80. The number of benzene rings is 1. The Kier molecular flexibility index (Phi) is 6.74.